The Morgan fingerprint density at radius 3 is 2.44 bits per heavy atom. The first-order valence-electron chi connectivity index (χ1n) is 2.74. The first-order valence-corrected chi connectivity index (χ1v) is 2.74. The van der Waals surface area contributed by atoms with Gasteiger partial charge in [-0.3, -0.25) is 10.8 Å². The van der Waals surface area contributed by atoms with E-state index in [0.29, 0.717) is 11.4 Å². The molecule has 0 saturated carbocycles. The Labute approximate surface area is 54.7 Å². The van der Waals surface area contributed by atoms with Crippen molar-refractivity contribution in [3.8, 4) is 0 Å². The van der Waals surface area contributed by atoms with Crippen LogP contribution in [0.15, 0.2) is 23.7 Å². The Bertz CT molecular complexity index is 225. The van der Waals surface area contributed by atoms with Crippen LogP contribution in [0.25, 0.3) is 0 Å². The Hall–Kier alpha value is -1.12. The van der Waals surface area contributed by atoms with E-state index in [4.69, 9.17) is 10.8 Å². The van der Waals surface area contributed by atoms with Crippen molar-refractivity contribution in [3.05, 3.63) is 23.7 Å². The summed E-state index contributed by atoms with van der Waals surface area (Å²) in [6.07, 6.45) is 5.24. The average Bonchev–Trinajstić information content (AvgIpc) is 1.83. The number of allylic oxidation sites excluding steroid dienone is 4. The van der Waals surface area contributed by atoms with E-state index in [1.54, 1.807) is 12.2 Å². The summed E-state index contributed by atoms with van der Waals surface area (Å²) in [6, 6.07) is 0. The van der Waals surface area contributed by atoms with Crippen LogP contribution in [0.4, 0.5) is 0 Å². The predicted octanol–water partition coefficient (Wildman–Crippen LogP) is 0.113. The zero-order valence-electron chi connectivity index (χ0n) is 5.23. The van der Waals surface area contributed by atoms with Crippen molar-refractivity contribution in [3.63, 3.8) is 0 Å². The molecule has 0 aromatic heterocycles. The summed E-state index contributed by atoms with van der Waals surface area (Å²) in [5.41, 5.74) is 1.50. The van der Waals surface area contributed by atoms with Gasteiger partial charge in [0.1, 0.15) is 7.85 Å². The van der Waals surface area contributed by atoms with Crippen LogP contribution in [0.5, 0.6) is 0 Å². The van der Waals surface area contributed by atoms with E-state index in [-0.39, 0.29) is 0 Å². The van der Waals surface area contributed by atoms with Gasteiger partial charge in [-0.05, 0) is 6.08 Å². The summed E-state index contributed by atoms with van der Waals surface area (Å²) >= 11 is 0. The second-order valence-electron chi connectivity index (χ2n) is 2.00. The van der Waals surface area contributed by atoms with Gasteiger partial charge in [0, 0.05) is 0 Å². The van der Waals surface area contributed by atoms with Crippen LogP contribution in [0.1, 0.15) is 0 Å². The van der Waals surface area contributed by atoms with Gasteiger partial charge >= 0.3 is 0 Å². The minimum atomic E-state index is 0.301. The van der Waals surface area contributed by atoms with Crippen molar-refractivity contribution >= 4 is 19.3 Å². The molecule has 0 amide bonds. The molecule has 0 saturated heterocycles. The number of hydrogen-bond donors (Lipinski definition) is 2. The molecule has 0 aliphatic heterocycles. The number of nitrogens with one attached hydrogen (secondary N) is 2. The number of hydrogen-bond acceptors (Lipinski definition) is 2. The fourth-order valence-electron chi connectivity index (χ4n) is 0.668. The topological polar surface area (TPSA) is 47.7 Å². The van der Waals surface area contributed by atoms with Gasteiger partial charge in [0.15, 0.2) is 0 Å². The van der Waals surface area contributed by atoms with Crippen molar-refractivity contribution in [1.82, 2.24) is 0 Å². The van der Waals surface area contributed by atoms with Gasteiger partial charge in [-0.25, -0.2) is 0 Å². The highest BCUT2D eigenvalue weighted by atomic mass is 14.5. The molecule has 0 unspecified atom stereocenters. The van der Waals surface area contributed by atoms with Gasteiger partial charge in [0.05, 0.1) is 11.4 Å². The molecule has 2 nitrogen and oxygen atoms in total. The van der Waals surface area contributed by atoms with Crippen LogP contribution in [-0.2, 0) is 0 Å². The van der Waals surface area contributed by atoms with Crippen molar-refractivity contribution in [2.45, 2.75) is 0 Å². The molecule has 3 heteroatoms. The van der Waals surface area contributed by atoms with Crippen LogP contribution in [0.3, 0.4) is 0 Å². The molecule has 0 heterocycles. The van der Waals surface area contributed by atoms with Crippen molar-refractivity contribution in [1.29, 1.82) is 10.8 Å². The van der Waals surface area contributed by atoms with Crippen LogP contribution in [0.2, 0.25) is 0 Å². The Balaban J connectivity index is 3.00. The molecule has 2 N–H and O–H groups in total. The molecule has 0 aromatic rings. The third kappa shape index (κ3) is 0.990. The summed E-state index contributed by atoms with van der Waals surface area (Å²) in [6.45, 7) is 0. The Kier molecular flexibility index (Phi) is 1.34. The summed E-state index contributed by atoms with van der Waals surface area (Å²) in [5.74, 6) is 0. The molecule has 1 rings (SSSR count). The second-order valence-corrected chi connectivity index (χ2v) is 2.00. The molecule has 0 fully saturated rings. The van der Waals surface area contributed by atoms with Gasteiger partial charge < -0.3 is 0 Å². The van der Waals surface area contributed by atoms with Crippen molar-refractivity contribution in [2.24, 2.45) is 0 Å². The minimum absolute atomic E-state index is 0.301. The summed E-state index contributed by atoms with van der Waals surface area (Å²) in [5, 5.41) is 14.4. The second kappa shape index (κ2) is 2.01. The Morgan fingerprint density at radius 1 is 1.33 bits per heavy atom. The van der Waals surface area contributed by atoms with E-state index in [0.717, 1.165) is 5.47 Å². The normalized spacial score (nSPS) is 18.0. The van der Waals surface area contributed by atoms with Gasteiger partial charge in [0.2, 0.25) is 0 Å². The van der Waals surface area contributed by atoms with E-state index in [2.05, 4.69) is 0 Å². The van der Waals surface area contributed by atoms with E-state index in [1.807, 2.05) is 13.9 Å². The molecular formula is C6H7BN2. The lowest BCUT2D eigenvalue weighted by Crippen LogP contribution is -2.14. The first kappa shape index (κ1) is 6.01. The van der Waals surface area contributed by atoms with E-state index in [1.165, 1.54) is 0 Å². The highest BCUT2D eigenvalue weighted by molar-refractivity contribution is 6.60. The van der Waals surface area contributed by atoms with Gasteiger partial charge in [0.25, 0.3) is 0 Å². The van der Waals surface area contributed by atoms with E-state index in [9.17, 15) is 0 Å². The first-order chi connectivity index (χ1) is 4.22. The van der Waals surface area contributed by atoms with Gasteiger partial charge in [-0.15, -0.1) is 0 Å². The zero-order valence-corrected chi connectivity index (χ0v) is 5.23. The van der Waals surface area contributed by atoms with Gasteiger partial charge in [-0.1, -0.05) is 17.6 Å². The summed E-state index contributed by atoms with van der Waals surface area (Å²) < 4.78 is 0. The summed E-state index contributed by atoms with van der Waals surface area (Å²) in [4.78, 5) is 0. The lowest BCUT2D eigenvalue weighted by atomic mass is 9.86. The van der Waals surface area contributed by atoms with Crippen LogP contribution in [-0.4, -0.2) is 19.3 Å². The quantitative estimate of drug-likeness (QED) is 0.335. The average molecular weight is 118 g/mol. The monoisotopic (exact) mass is 118 g/mol. The zero-order chi connectivity index (χ0) is 6.85. The highest BCUT2D eigenvalue weighted by Gasteiger charge is 2.05. The fourth-order valence-corrected chi connectivity index (χ4v) is 0.668. The fraction of sp³-hybridized carbons (Fsp3) is 0. The SMILES string of the molecule is BC1=CC=CC(=N)C1=N. The molecule has 1 aliphatic rings. The molecule has 9 heavy (non-hydrogen) atoms. The molecule has 44 valence electrons. The van der Waals surface area contributed by atoms with Crippen LogP contribution < -0.4 is 0 Å². The van der Waals surface area contributed by atoms with E-state index < -0.39 is 0 Å². The molecule has 1 aliphatic carbocycles. The molecule has 0 atom stereocenters. The maximum Gasteiger partial charge on any atom is 0.142 e. The van der Waals surface area contributed by atoms with Crippen molar-refractivity contribution < 1.29 is 0 Å². The Morgan fingerprint density at radius 2 is 2.00 bits per heavy atom. The standard InChI is InChI=1S/C6H7BN2/c7-4-2-1-3-5(8)6(4)9/h1-3,8-9H,7H2. The minimum Gasteiger partial charge on any atom is -0.299 e. The summed E-state index contributed by atoms with van der Waals surface area (Å²) in [7, 11) is 1.83. The highest BCUT2D eigenvalue weighted by Crippen LogP contribution is 2.00. The molecule has 0 spiro atoms. The third-order valence-electron chi connectivity index (χ3n) is 1.27. The maximum atomic E-state index is 7.26. The third-order valence-corrected chi connectivity index (χ3v) is 1.27. The van der Waals surface area contributed by atoms with Crippen molar-refractivity contribution in [2.75, 3.05) is 0 Å². The lowest BCUT2D eigenvalue weighted by molar-refractivity contribution is 1.48. The molecule has 0 aromatic carbocycles. The van der Waals surface area contributed by atoms with Crippen LogP contribution in [0, 0.1) is 10.8 Å². The van der Waals surface area contributed by atoms with Crippen LogP contribution >= 0.6 is 0 Å². The smallest absolute Gasteiger partial charge is 0.142 e. The number of rotatable bonds is 0. The predicted molar refractivity (Wildman–Crippen MR) is 41.2 cm³/mol. The van der Waals surface area contributed by atoms with E-state index >= 15 is 0 Å². The lowest BCUT2D eigenvalue weighted by Gasteiger charge is -2.04. The largest absolute Gasteiger partial charge is 0.299 e. The maximum absolute atomic E-state index is 7.26. The molecule has 0 bridgehead atoms. The van der Waals surface area contributed by atoms with Gasteiger partial charge in [-0.2, -0.15) is 0 Å². The molecular weight excluding hydrogens is 111 g/mol. The molecule has 0 radical (unpaired) electrons.